The SMILES string of the molecule is CC(=O)OCC(=O)[C@@]1(O)CC[C@H]2[C@@H]3CCC4=CC(=O)CC[C@]4(C)C3(F)[C@@H](Br)C[C@@]21C. The number of hydrogen-bond donors (Lipinski definition) is 1. The molecule has 0 spiro atoms. The second-order valence-electron chi connectivity index (χ2n) is 10.2. The van der Waals surface area contributed by atoms with Crippen molar-refractivity contribution < 1.29 is 28.6 Å². The lowest BCUT2D eigenvalue weighted by molar-refractivity contribution is -0.182. The number of ketones is 2. The van der Waals surface area contributed by atoms with Crippen molar-refractivity contribution in [2.75, 3.05) is 6.61 Å². The van der Waals surface area contributed by atoms with E-state index in [4.69, 9.17) is 4.74 Å². The maximum Gasteiger partial charge on any atom is 0.303 e. The Morgan fingerprint density at radius 1 is 1.23 bits per heavy atom. The molecule has 0 aliphatic heterocycles. The standard InChI is InChI=1S/C23H30BrFO5/c1-13(26)30-12-19(28)22(29)9-7-16-17-5-4-14-10-15(27)6-8-20(14,2)23(17,25)18(24)11-21(16,22)3/h10,16-18,29H,4-9,11-12H2,1-3H3/t16-,17-,18-,20-,21-,22-,23?/m0/s1. The third-order valence-electron chi connectivity index (χ3n) is 9.02. The molecule has 0 aromatic carbocycles. The summed E-state index contributed by atoms with van der Waals surface area (Å²) >= 11 is 3.64. The summed E-state index contributed by atoms with van der Waals surface area (Å²) in [5.41, 5.74) is -3.81. The van der Waals surface area contributed by atoms with E-state index in [1.54, 1.807) is 6.08 Å². The van der Waals surface area contributed by atoms with Crippen LogP contribution in [0.1, 0.15) is 65.7 Å². The lowest BCUT2D eigenvalue weighted by Crippen LogP contribution is -2.68. The maximum atomic E-state index is 17.1. The van der Waals surface area contributed by atoms with E-state index >= 15 is 4.39 Å². The average Bonchev–Trinajstić information content (AvgIpc) is 2.94. The van der Waals surface area contributed by atoms with Gasteiger partial charge in [0.25, 0.3) is 0 Å². The van der Waals surface area contributed by atoms with Gasteiger partial charge in [0.05, 0.1) is 4.83 Å². The van der Waals surface area contributed by atoms with Gasteiger partial charge in [0.2, 0.25) is 5.78 Å². The van der Waals surface area contributed by atoms with Gasteiger partial charge in [-0.2, -0.15) is 0 Å². The lowest BCUT2D eigenvalue weighted by Gasteiger charge is -2.63. The predicted molar refractivity (Wildman–Crippen MR) is 112 cm³/mol. The van der Waals surface area contributed by atoms with E-state index in [0.717, 1.165) is 5.57 Å². The Labute approximate surface area is 184 Å². The fourth-order valence-corrected chi connectivity index (χ4v) is 8.77. The topological polar surface area (TPSA) is 80.7 Å². The summed E-state index contributed by atoms with van der Waals surface area (Å²) in [4.78, 5) is 35.5. The average molecular weight is 485 g/mol. The molecule has 0 amide bonds. The summed E-state index contributed by atoms with van der Waals surface area (Å²) in [7, 11) is 0. The van der Waals surface area contributed by atoms with E-state index < -0.39 is 45.3 Å². The van der Waals surface area contributed by atoms with Crippen molar-refractivity contribution in [1.82, 2.24) is 0 Å². The molecular formula is C23H30BrFO5. The molecule has 7 atom stereocenters. The summed E-state index contributed by atoms with van der Waals surface area (Å²) in [5, 5.41) is 11.5. The zero-order valence-corrected chi connectivity index (χ0v) is 19.4. The molecule has 3 fully saturated rings. The van der Waals surface area contributed by atoms with Crippen LogP contribution in [0, 0.1) is 22.7 Å². The highest BCUT2D eigenvalue weighted by molar-refractivity contribution is 9.09. The number of alkyl halides is 2. The first-order chi connectivity index (χ1) is 13.9. The smallest absolute Gasteiger partial charge is 0.303 e. The summed E-state index contributed by atoms with van der Waals surface area (Å²) in [6.45, 7) is 4.61. The number of carbonyl (C=O) groups is 3. The van der Waals surface area contributed by atoms with Crippen molar-refractivity contribution >= 4 is 33.5 Å². The number of allylic oxidation sites excluding steroid dienone is 1. The van der Waals surface area contributed by atoms with Gasteiger partial charge in [-0.05, 0) is 56.4 Å². The van der Waals surface area contributed by atoms with Crippen LogP contribution in [0.5, 0.6) is 0 Å². The van der Waals surface area contributed by atoms with E-state index in [0.29, 0.717) is 38.5 Å². The summed E-state index contributed by atoms with van der Waals surface area (Å²) < 4.78 is 22.0. The minimum absolute atomic E-state index is 0.0719. The third-order valence-corrected chi connectivity index (χ3v) is 10.0. The summed E-state index contributed by atoms with van der Waals surface area (Å²) in [6.07, 6.45) is 4.89. The molecule has 5 nitrogen and oxygen atoms in total. The number of halogens is 2. The van der Waals surface area contributed by atoms with E-state index in [1.807, 2.05) is 13.8 Å². The minimum Gasteiger partial charge on any atom is -0.458 e. The molecule has 166 valence electrons. The zero-order chi connectivity index (χ0) is 22.1. The van der Waals surface area contributed by atoms with Crippen LogP contribution in [0.4, 0.5) is 4.39 Å². The Morgan fingerprint density at radius 2 is 1.93 bits per heavy atom. The minimum atomic E-state index is -1.64. The van der Waals surface area contributed by atoms with Crippen molar-refractivity contribution in [3.05, 3.63) is 11.6 Å². The Balaban J connectivity index is 1.71. The number of carbonyl (C=O) groups excluding carboxylic acids is 3. The van der Waals surface area contributed by atoms with Crippen LogP contribution in [0.3, 0.4) is 0 Å². The van der Waals surface area contributed by atoms with Gasteiger partial charge in [0.1, 0.15) is 11.3 Å². The number of rotatable bonds is 3. The first-order valence-electron chi connectivity index (χ1n) is 10.9. The predicted octanol–water partition coefficient (Wildman–Crippen LogP) is 3.85. The van der Waals surface area contributed by atoms with Crippen molar-refractivity contribution in [2.45, 2.75) is 81.8 Å². The molecule has 3 saturated carbocycles. The highest BCUT2D eigenvalue weighted by Crippen LogP contribution is 2.71. The highest BCUT2D eigenvalue weighted by Gasteiger charge is 2.74. The molecule has 7 heteroatoms. The quantitative estimate of drug-likeness (QED) is 0.485. The molecule has 4 aliphatic carbocycles. The second kappa shape index (κ2) is 6.96. The first-order valence-corrected chi connectivity index (χ1v) is 11.8. The van der Waals surface area contributed by atoms with Gasteiger partial charge < -0.3 is 9.84 Å². The van der Waals surface area contributed by atoms with Crippen LogP contribution in [0.25, 0.3) is 0 Å². The normalized spacial score (nSPS) is 47.6. The molecule has 4 aliphatic rings. The largest absolute Gasteiger partial charge is 0.458 e. The van der Waals surface area contributed by atoms with Crippen LogP contribution in [-0.2, 0) is 19.1 Å². The van der Waals surface area contributed by atoms with E-state index in [-0.39, 0.29) is 24.0 Å². The highest BCUT2D eigenvalue weighted by atomic mass is 79.9. The fraction of sp³-hybridized carbons (Fsp3) is 0.783. The van der Waals surface area contributed by atoms with Gasteiger partial charge in [0.15, 0.2) is 12.4 Å². The molecule has 0 aromatic rings. The number of Topliss-reactive ketones (excluding diaryl/α,β-unsaturated/α-hetero) is 1. The Kier molecular flexibility index (Phi) is 5.13. The summed E-state index contributed by atoms with van der Waals surface area (Å²) in [6, 6.07) is 0. The van der Waals surface area contributed by atoms with E-state index in [2.05, 4.69) is 15.9 Å². The Bertz CT molecular complexity index is 841. The van der Waals surface area contributed by atoms with Crippen molar-refractivity contribution in [3.8, 4) is 0 Å². The zero-order valence-electron chi connectivity index (χ0n) is 17.8. The molecule has 0 saturated heterocycles. The second-order valence-corrected chi connectivity index (χ2v) is 11.3. The van der Waals surface area contributed by atoms with E-state index in [9.17, 15) is 19.5 Å². The fourth-order valence-electron chi connectivity index (χ4n) is 7.25. The van der Waals surface area contributed by atoms with Crippen molar-refractivity contribution in [1.29, 1.82) is 0 Å². The Morgan fingerprint density at radius 3 is 2.60 bits per heavy atom. The molecule has 0 bridgehead atoms. The third kappa shape index (κ3) is 2.70. The van der Waals surface area contributed by atoms with Gasteiger partial charge in [-0.25, -0.2) is 4.39 Å². The summed E-state index contributed by atoms with van der Waals surface area (Å²) in [5.74, 6) is -1.46. The molecule has 0 heterocycles. The molecule has 0 radical (unpaired) electrons. The number of aliphatic hydroxyl groups is 1. The molecule has 1 N–H and O–H groups in total. The lowest BCUT2D eigenvalue weighted by atomic mass is 9.44. The monoisotopic (exact) mass is 484 g/mol. The van der Waals surface area contributed by atoms with Gasteiger partial charge in [0, 0.05) is 24.2 Å². The molecule has 1 unspecified atom stereocenters. The molecule has 30 heavy (non-hydrogen) atoms. The van der Waals surface area contributed by atoms with Crippen LogP contribution < -0.4 is 0 Å². The molecule has 4 rings (SSSR count). The van der Waals surface area contributed by atoms with E-state index in [1.165, 1.54) is 6.92 Å². The van der Waals surface area contributed by atoms with Gasteiger partial charge >= 0.3 is 5.97 Å². The van der Waals surface area contributed by atoms with Gasteiger partial charge in [-0.3, -0.25) is 14.4 Å². The number of ether oxygens (including phenoxy) is 1. The first kappa shape index (κ1) is 22.1. The number of hydrogen-bond acceptors (Lipinski definition) is 5. The van der Waals surface area contributed by atoms with Crippen LogP contribution >= 0.6 is 15.9 Å². The molecular weight excluding hydrogens is 455 g/mol. The van der Waals surface area contributed by atoms with Crippen LogP contribution in [-0.4, -0.2) is 45.3 Å². The maximum absolute atomic E-state index is 17.1. The van der Waals surface area contributed by atoms with Crippen LogP contribution in [0.15, 0.2) is 11.6 Å². The van der Waals surface area contributed by atoms with Gasteiger partial charge in [-0.15, -0.1) is 0 Å². The molecule has 0 aromatic heterocycles. The Hall–Kier alpha value is -1.08. The van der Waals surface area contributed by atoms with Crippen molar-refractivity contribution in [3.63, 3.8) is 0 Å². The van der Waals surface area contributed by atoms with Crippen LogP contribution in [0.2, 0.25) is 0 Å². The van der Waals surface area contributed by atoms with Gasteiger partial charge in [-0.1, -0.05) is 35.4 Å². The van der Waals surface area contributed by atoms with Crippen molar-refractivity contribution in [2.24, 2.45) is 22.7 Å². The number of fused-ring (bicyclic) bond motifs is 5. The number of esters is 1.